The fourth-order valence-electron chi connectivity index (χ4n) is 2.66. The first kappa shape index (κ1) is 9.44. The van der Waals surface area contributed by atoms with E-state index in [0.29, 0.717) is 0 Å². The Bertz CT molecular complexity index is 178. The molecular formula is C10H19NO2. The van der Waals surface area contributed by atoms with Crippen molar-refractivity contribution in [1.82, 2.24) is 5.32 Å². The minimum absolute atomic E-state index is 0.104. The molecule has 76 valence electrons. The summed E-state index contributed by atoms with van der Waals surface area (Å²) in [5.74, 6) is 0. The minimum Gasteiger partial charge on any atom is -0.392 e. The quantitative estimate of drug-likeness (QED) is 0.631. The molecule has 3 atom stereocenters. The van der Waals surface area contributed by atoms with Crippen LogP contribution in [0.2, 0.25) is 0 Å². The molecule has 1 aliphatic heterocycles. The molecule has 0 aromatic heterocycles. The number of rotatable bonds is 1. The number of hydrogen-bond donors (Lipinski definition) is 2. The molecule has 13 heavy (non-hydrogen) atoms. The van der Waals surface area contributed by atoms with Gasteiger partial charge in [0.1, 0.15) is 0 Å². The van der Waals surface area contributed by atoms with Crippen LogP contribution in [0.4, 0.5) is 0 Å². The second-order valence-corrected chi connectivity index (χ2v) is 4.34. The number of ether oxygens (including phenoxy) is 1. The molecule has 1 spiro atoms. The predicted molar refractivity (Wildman–Crippen MR) is 50.6 cm³/mol. The van der Waals surface area contributed by atoms with Crippen LogP contribution >= 0.6 is 0 Å². The van der Waals surface area contributed by atoms with Crippen molar-refractivity contribution in [3.63, 3.8) is 0 Å². The monoisotopic (exact) mass is 185 g/mol. The molecule has 0 radical (unpaired) electrons. The molecule has 0 aromatic carbocycles. The molecule has 1 aliphatic carbocycles. The maximum atomic E-state index is 9.69. The van der Waals surface area contributed by atoms with Gasteiger partial charge in [0.15, 0.2) is 0 Å². The summed E-state index contributed by atoms with van der Waals surface area (Å²) in [6.07, 6.45) is 5.08. The molecule has 1 heterocycles. The van der Waals surface area contributed by atoms with Crippen LogP contribution in [0.15, 0.2) is 0 Å². The Morgan fingerprint density at radius 3 is 2.92 bits per heavy atom. The molecule has 2 N–H and O–H groups in total. The van der Waals surface area contributed by atoms with Gasteiger partial charge in [0, 0.05) is 12.6 Å². The normalized spacial score (nSPS) is 45.7. The van der Waals surface area contributed by atoms with Crippen LogP contribution in [-0.2, 0) is 4.74 Å². The first-order valence-corrected chi connectivity index (χ1v) is 5.25. The Hall–Kier alpha value is -0.120. The first-order valence-electron chi connectivity index (χ1n) is 5.25. The Labute approximate surface area is 79.5 Å². The maximum absolute atomic E-state index is 9.69. The SMILES string of the molecule is CNC1CC2(CCCO2)CCC1O. The Morgan fingerprint density at radius 2 is 2.31 bits per heavy atom. The van der Waals surface area contributed by atoms with Crippen LogP contribution < -0.4 is 5.32 Å². The van der Waals surface area contributed by atoms with Crippen molar-refractivity contribution >= 4 is 0 Å². The lowest BCUT2D eigenvalue weighted by atomic mass is 9.78. The average molecular weight is 185 g/mol. The summed E-state index contributed by atoms with van der Waals surface area (Å²) in [5, 5.41) is 12.9. The second-order valence-electron chi connectivity index (χ2n) is 4.34. The van der Waals surface area contributed by atoms with Crippen LogP contribution in [0.3, 0.4) is 0 Å². The summed E-state index contributed by atoms with van der Waals surface area (Å²) < 4.78 is 5.81. The fourth-order valence-corrected chi connectivity index (χ4v) is 2.66. The summed E-state index contributed by atoms with van der Waals surface area (Å²) in [6, 6.07) is 0.229. The van der Waals surface area contributed by atoms with Gasteiger partial charge in [0.25, 0.3) is 0 Å². The van der Waals surface area contributed by atoms with Crippen molar-refractivity contribution in [2.75, 3.05) is 13.7 Å². The molecule has 2 aliphatic rings. The van der Waals surface area contributed by atoms with Gasteiger partial charge in [-0.05, 0) is 39.2 Å². The Balaban J connectivity index is 2.01. The van der Waals surface area contributed by atoms with Gasteiger partial charge in [-0.1, -0.05) is 0 Å². The number of nitrogens with one attached hydrogen (secondary N) is 1. The molecule has 3 heteroatoms. The van der Waals surface area contributed by atoms with Crippen molar-refractivity contribution in [1.29, 1.82) is 0 Å². The van der Waals surface area contributed by atoms with E-state index < -0.39 is 0 Å². The van der Waals surface area contributed by atoms with Crippen LogP contribution in [-0.4, -0.2) is 36.5 Å². The van der Waals surface area contributed by atoms with E-state index in [4.69, 9.17) is 4.74 Å². The molecule has 2 rings (SSSR count). The Morgan fingerprint density at radius 1 is 1.46 bits per heavy atom. The summed E-state index contributed by atoms with van der Waals surface area (Å²) in [7, 11) is 1.92. The van der Waals surface area contributed by atoms with Crippen LogP contribution in [0.1, 0.15) is 32.1 Å². The van der Waals surface area contributed by atoms with E-state index in [-0.39, 0.29) is 17.7 Å². The zero-order valence-corrected chi connectivity index (χ0v) is 8.25. The summed E-state index contributed by atoms with van der Waals surface area (Å²) in [4.78, 5) is 0. The van der Waals surface area contributed by atoms with Gasteiger partial charge in [0.05, 0.1) is 11.7 Å². The lowest BCUT2D eigenvalue weighted by Gasteiger charge is -2.39. The maximum Gasteiger partial charge on any atom is 0.0700 e. The van der Waals surface area contributed by atoms with Gasteiger partial charge in [-0.3, -0.25) is 0 Å². The van der Waals surface area contributed by atoms with Gasteiger partial charge in [-0.25, -0.2) is 0 Å². The lowest BCUT2D eigenvalue weighted by molar-refractivity contribution is -0.0644. The van der Waals surface area contributed by atoms with Gasteiger partial charge in [-0.2, -0.15) is 0 Å². The summed E-state index contributed by atoms with van der Waals surface area (Å²) in [5.41, 5.74) is 0.104. The number of hydrogen-bond acceptors (Lipinski definition) is 3. The molecule has 0 amide bonds. The highest BCUT2D eigenvalue weighted by Crippen LogP contribution is 2.39. The van der Waals surface area contributed by atoms with E-state index in [1.807, 2.05) is 7.05 Å². The zero-order chi connectivity index (χ0) is 9.31. The van der Waals surface area contributed by atoms with Crippen molar-refractivity contribution in [3.05, 3.63) is 0 Å². The lowest BCUT2D eigenvalue weighted by Crippen LogP contribution is -2.49. The smallest absolute Gasteiger partial charge is 0.0700 e. The second kappa shape index (κ2) is 3.56. The number of aliphatic hydroxyl groups excluding tert-OH is 1. The number of aliphatic hydroxyl groups is 1. The van der Waals surface area contributed by atoms with Gasteiger partial charge in [-0.15, -0.1) is 0 Å². The van der Waals surface area contributed by atoms with Crippen LogP contribution in [0.5, 0.6) is 0 Å². The molecule has 0 aromatic rings. The van der Waals surface area contributed by atoms with Crippen LogP contribution in [0, 0.1) is 0 Å². The van der Waals surface area contributed by atoms with Gasteiger partial charge < -0.3 is 15.2 Å². The summed E-state index contributed by atoms with van der Waals surface area (Å²) >= 11 is 0. The van der Waals surface area contributed by atoms with Crippen molar-refractivity contribution in [2.24, 2.45) is 0 Å². The molecule has 1 saturated carbocycles. The van der Waals surface area contributed by atoms with Gasteiger partial charge >= 0.3 is 0 Å². The molecule has 3 nitrogen and oxygen atoms in total. The largest absolute Gasteiger partial charge is 0.392 e. The third kappa shape index (κ3) is 1.73. The van der Waals surface area contributed by atoms with Crippen molar-refractivity contribution < 1.29 is 9.84 Å². The van der Waals surface area contributed by atoms with Crippen molar-refractivity contribution in [2.45, 2.75) is 49.9 Å². The van der Waals surface area contributed by atoms with Crippen molar-refractivity contribution in [3.8, 4) is 0 Å². The highest BCUT2D eigenvalue weighted by molar-refractivity contribution is 4.96. The topological polar surface area (TPSA) is 41.5 Å². The standard InChI is InChI=1S/C10H19NO2/c1-11-8-7-10(4-2-6-13-10)5-3-9(8)12/h8-9,11-12H,2-7H2,1H3. The first-order chi connectivity index (χ1) is 6.26. The van der Waals surface area contributed by atoms with E-state index in [0.717, 1.165) is 25.9 Å². The highest BCUT2D eigenvalue weighted by Gasteiger charge is 2.42. The zero-order valence-electron chi connectivity index (χ0n) is 8.25. The molecule has 1 saturated heterocycles. The van der Waals surface area contributed by atoms with Crippen LogP contribution in [0.25, 0.3) is 0 Å². The predicted octanol–water partition coefficient (Wildman–Crippen LogP) is 0.668. The van der Waals surface area contributed by atoms with E-state index in [9.17, 15) is 5.11 Å². The third-order valence-corrected chi connectivity index (χ3v) is 3.51. The number of likely N-dealkylation sites (N-methyl/N-ethyl adjacent to an activating group) is 1. The molecule has 3 unspecified atom stereocenters. The van der Waals surface area contributed by atoms with E-state index in [1.165, 1.54) is 12.8 Å². The third-order valence-electron chi connectivity index (χ3n) is 3.51. The molecule has 0 bridgehead atoms. The highest BCUT2D eigenvalue weighted by atomic mass is 16.5. The molecule has 2 fully saturated rings. The van der Waals surface area contributed by atoms with E-state index in [2.05, 4.69) is 5.32 Å². The molecular weight excluding hydrogens is 166 g/mol. The van der Waals surface area contributed by atoms with E-state index in [1.54, 1.807) is 0 Å². The fraction of sp³-hybridized carbons (Fsp3) is 1.00. The minimum atomic E-state index is -0.181. The summed E-state index contributed by atoms with van der Waals surface area (Å²) in [6.45, 7) is 0.909. The average Bonchev–Trinajstić information content (AvgIpc) is 2.59. The Kier molecular flexibility index (Phi) is 2.58. The van der Waals surface area contributed by atoms with Gasteiger partial charge in [0.2, 0.25) is 0 Å². The van der Waals surface area contributed by atoms with E-state index >= 15 is 0 Å².